The molecule has 166 valence electrons. The van der Waals surface area contributed by atoms with E-state index in [0.717, 1.165) is 17.4 Å². The van der Waals surface area contributed by atoms with E-state index < -0.39 is 15.8 Å². The predicted octanol–water partition coefficient (Wildman–Crippen LogP) is 2.90. The van der Waals surface area contributed by atoms with Gasteiger partial charge in [-0.1, -0.05) is 5.57 Å². The van der Waals surface area contributed by atoms with Crippen LogP contribution in [0, 0.1) is 12.7 Å². The predicted molar refractivity (Wildman–Crippen MR) is 122 cm³/mol. The molecule has 0 radical (unpaired) electrons. The number of aryl methyl sites for hydroxylation is 1. The topological polar surface area (TPSA) is 127 Å². The molecule has 4 N–H and O–H groups in total. The van der Waals surface area contributed by atoms with Gasteiger partial charge in [0, 0.05) is 47.2 Å². The Morgan fingerprint density at radius 2 is 2.00 bits per heavy atom. The summed E-state index contributed by atoms with van der Waals surface area (Å²) in [5.74, 6) is -0.619. The lowest BCUT2D eigenvalue weighted by molar-refractivity contribution is -0.112. The molecule has 0 bridgehead atoms. The number of halogens is 1. The number of hydrogen-bond donors (Lipinski definition) is 3. The molecule has 0 spiro atoms. The first kappa shape index (κ1) is 21.8. The van der Waals surface area contributed by atoms with Gasteiger partial charge in [-0.05, 0) is 48.9 Å². The highest BCUT2D eigenvalue weighted by Gasteiger charge is 2.26. The van der Waals surface area contributed by atoms with Crippen LogP contribution in [-0.4, -0.2) is 36.6 Å². The number of amides is 1. The molecule has 0 aliphatic heterocycles. The maximum absolute atomic E-state index is 14.9. The van der Waals surface area contributed by atoms with Gasteiger partial charge in [0.15, 0.2) is 5.82 Å². The Balaban J connectivity index is 1.56. The van der Waals surface area contributed by atoms with Crippen LogP contribution in [0.15, 0.2) is 48.4 Å². The summed E-state index contributed by atoms with van der Waals surface area (Å²) < 4.78 is 39.9. The molecule has 1 fully saturated rings. The summed E-state index contributed by atoms with van der Waals surface area (Å²) in [6.45, 7) is 1.86. The molecule has 2 heterocycles. The third-order valence-electron chi connectivity index (χ3n) is 5.31. The fraction of sp³-hybridized carbons (Fsp3) is 0.227. The number of pyridine rings is 2. The minimum absolute atomic E-state index is 0.0212. The van der Waals surface area contributed by atoms with Gasteiger partial charge in [0.05, 0.1) is 11.9 Å². The summed E-state index contributed by atoms with van der Waals surface area (Å²) >= 11 is 0. The Hall–Kier alpha value is -3.37. The molecule has 0 atom stereocenters. The number of hydrogen-bond acceptors (Lipinski definition) is 6. The molecular formula is C22H22FN5O3S. The standard InChI is InChI=1S/C22H22FN5O3S/c1-12-3-4-25-10-17(12)16-8-14-9-19(26-11-18(14)22(24)21(16)23)27-20(29)7-13-5-15(6-13)28-32(2,30)31/h3-4,7-11,15,28H,5-6,24H2,1-2H3,(H,26,27,29). The van der Waals surface area contributed by atoms with Crippen molar-refractivity contribution in [3.8, 4) is 11.1 Å². The number of benzene rings is 1. The number of anilines is 2. The molecule has 1 aromatic carbocycles. The Morgan fingerprint density at radius 1 is 1.25 bits per heavy atom. The zero-order chi connectivity index (χ0) is 23.0. The fourth-order valence-electron chi connectivity index (χ4n) is 3.73. The third kappa shape index (κ3) is 4.61. The van der Waals surface area contributed by atoms with Crippen LogP contribution in [0.25, 0.3) is 21.9 Å². The highest BCUT2D eigenvalue weighted by atomic mass is 32.2. The van der Waals surface area contributed by atoms with Gasteiger partial charge in [-0.15, -0.1) is 0 Å². The van der Waals surface area contributed by atoms with Crippen molar-refractivity contribution in [3.63, 3.8) is 0 Å². The van der Waals surface area contributed by atoms with Crippen LogP contribution in [-0.2, 0) is 14.8 Å². The minimum atomic E-state index is -3.27. The van der Waals surface area contributed by atoms with E-state index >= 15 is 0 Å². The van der Waals surface area contributed by atoms with Gasteiger partial charge in [-0.25, -0.2) is 22.5 Å². The largest absolute Gasteiger partial charge is 0.396 e. The smallest absolute Gasteiger partial charge is 0.249 e. The van der Waals surface area contributed by atoms with Gasteiger partial charge in [0.1, 0.15) is 5.82 Å². The van der Waals surface area contributed by atoms with Crippen molar-refractivity contribution in [3.05, 3.63) is 59.8 Å². The molecule has 1 aliphatic rings. The van der Waals surface area contributed by atoms with E-state index in [4.69, 9.17) is 5.73 Å². The quantitative estimate of drug-likeness (QED) is 0.401. The Labute approximate surface area is 184 Å². The summed E-state index contributed by atoms with van der Waals surface area (Å²) in [7, 11) is -3.27. The van der Waals surface area contributed by atoms with E-state index in [0.29, 0.717) is 40.6 Å². The van der Waals surface area contributed by atoms with Crippen LogP contribution in [0.1, 0.15) is 18.4 Å². The number of rotatable bonds is 5. The van der Waals surface area contributed by atoms with E-state index in [-0.39, 0.29) is 17.6 Å². The minimum Gasteiger partial charge on any atom is -0.396 e. The van der Waals surface area contributed by atoms with Gasteiger partial charge >= 0.3 is 0 Å². The van der Waals surface area contributed by atoms with Crippen molar-refractivity contribution >= 4 is 38.2 Å². The normalized spacial score (nSPS) is 16.0. The molecule has 1 saturated carbocycles. The van der Waals surface area contributed by atoms with Crippen LogP contribution < -0.4 is 15.8 Å². The summed E-state index contributed by atoms with van der Waals surface area (Å²) in [6.07, 6.45) is 8.15. The van der Waals surface area contributed by atoms with E-state index in [2.05, 4.69) is 20.0 Å². The number of nitrogens with two attached hydrogens (primary N) is 1. The molecule has 3 aromatic rings. The van der Waals surface area contributed by atoms with Crippen LogP contribution in [0.2, 0.25) is 0 Å². The maximum atomic E-state index is 14.9. The molecule has 1 aliphatic carbocycles. The maximum Gasteiger partial charge on any atom is 0.249 e. The number of sulfonamides is 1. The number of nitrogen functional groups attached to an aromatic ring is 1. The molecule has 1 amide bonds. The molecule has 8 nitrogen and oxygen atoms in total. The Kier molecular flexibility index (Phi) is 5.66. The van der Waals surface area contributed by atoms with Crippen LogP contribution >= 0.6 is 0 Å². The second-order valence-corrected chi connectivity index (χ2v) is 9.70. The second-order valence-electron chi connectivity index (χ2n) is 7.92. The van der Waals surface area contributed by atoms with Crippen molar-refractivity contribution in [1.29, 1.82) is 0 Å². The fourth-order valence-corrected chi connectivity index (χ4v) is 4.50. The SMILES string of the molecule is Cc1ccncc1-c1cc2cc(NC(=O)C=C3CC(NS(C)(=O)=O)C3)ncc2c(N)c1F. The highest BCUT2D eigenvalue weighted by molar-refractivity contribution is 7.88. The second kappa shape index (κ2) is 8.29. The zero-order valence-electron chi connectivity index (χ0n) is 17.5. The zero-order valence-corrected chi connectivity index (χ0v) is 18.3. The lowest BCUT2D eigenvalue weighted by atomic mass is 9.87. The average molecular weight is 456 g/mol. The van der Waals surface area contributed by atoms with Gasteiger partial charge in [0.2, 0.25) is 15.9 Å². The summed E-state index contributed by atoms with van der Waals surface area (Å²) in [5, 5.41) is 3.76. The molecule has 10 heteroatoms. The lowest BCUT2D eigenvalue weighted by Gasteiger charge is -2.29. The van der Waals surface area contributed by atoms with Crippen molar-refractivity contribution in [2.75, 3.05) is 17.3 Å². The van der Waals surface area contributed by atoms with Crippen molar-refractivity contribution in [2.24, 2.45) is 0 Å². The number of carbonyl (C=O) groups excluding carboxylic acids is 1. The van der Waals surface area contributed by atoms with Gasteiger partial charge in [0.25, 0.3) is 0 Å². The van der Waals surface area contributed by atoms with Crippen LogP contribution in [0.5, 0.6) is 0 Å². The summed E-state index contributed by atoms with van der Waals surface area (Å²) in [6, 6.07) is 4.90. The Bertz CT molecular complexity index is 1360. The molecule has 0 unspecified atom stereocenters. The third-order valence-corrected chi connectivity index (χ3v) is 6.07. The van der Waals surface area contributed by atoms with Gasteiger partial charge in [-0.3, -0.25) is 9.78 Å². The molecular weight excluding hydrogens is 433 g/mol. The number of nitrogens with zero attached hydrogens (tertiary/aromatic N) is 2. The van der Waals surface area contributed by atoms with E-state index in [1.54, 1.807) is 30.6 Å². The average Bonchev–Trinajstić information content (AvgIpc) is 2.68. The van der Waals surface area contributed by atoms with Crippen LogP contribution in [0.3, 0.4) is 0 Å². The van der Waals surface area contributed by atoms with Crippen molar-refractivity contribution in [1.82, 2.24) is 14.7 Å². The van der Waals surface area contributed by atoms with E-state index in [9.17, 15) is 17.6 Å². The monoisotopic (exact) mass is 455 g/mol. The Morgan fingerprint density at radius 3 is 2.69 bits per heavy atom. The molecule has 0 saturated heterocycles. The first-order valence-electron chi connectivity index (χ1n) is 9.87. The number of nitrogens with one attached hydrogen (secondary N) is 2. The highest BCUT2D eigenvalue weighted by Crippen LogP contribution is 2.35. The van der Waals surface area contributed by atoms with Crippen molar-refractivity contribution < 1.29 is 17.6 Å². The summed E-state index contributed by atoms with van der Waals surface area (Å²) in [4.78, 5) is 20.6. The van der Waals surface area contributed by atoms with Gasteiger partial charge < -0.3 is 11.1 Å². The molecule has 2 aromatic heterocycles. The first-order chi connectivity index (χ1) is 15.1. The van der Waals surface area contributed by atoms with E-state index in [1.807, 2.05) is 6.92 Å². The molecule has 4 rings (SSSR count). The number of fused-ring (bicyclic) bond motifs is 1. The van der Waals surface area contributed by atoms with Crippen LogP contribution in [0.4, 0.5) is 15.9 Å². The number of carbonyl (C=O) groups is 1. The van der Waals surface area contributed by atoms with Crippen molar-refractivity contribution in [2.45, 2.75) is 25.8 Å². The van der Waals surface area contributed by atoms with E-state index in [1.165, 1.54) is 12.3 Å². The lowest BCUT2D eigenvalue weighted by Crippen LogP contribution is -2.40. The first-order valence-corrected chi connectivity index (χ1v) is 11.8. The number of aromatic nitrogens is 2. The summed E-state index contributed by atoms with van der Waals surface area (Å²) in [5.41, 5.74) is 8.66. The van der Waals surface area contributed by atoms with Gasteiger partial charge in [-0.2, -0.15) is 0 Å². The molecule has 32 heavy (non-hydrogen) atoms.